The van der Waals surface area contributed by atoms with E-state index in [0.29, 0.717) is 13.2 Å². The van der Waals surface area contributed by atoms with Crippen LogP contribution in [0, 0.1) is 5.92 Å². The Kier molecular flexibility index (Phi) is 5.86. The number of nitrogens with one attached hydrogen (secondary N) is 1. The number of ether oxygens (including phenoxy) is 1. The molecular weight excluding hydrogens is 320 g/mol. The summed E-state index contributed by atoms with van der Waals surface area (Å²) < 4.78 is 6.67. The van der Waals surface area contributed by atoms with E-state index in [2.05, 4.69) is 21.2 Å². The molecule has 1 saturated heterocycles. The van der Waals surface area contributed by atoms with Crippen LogP contribution in [0.1, 0.15) is 12.8 Å². The van der Waals surface area contributed by atoms with Crippen molar-refractivity contribution in [2.75, 3.05) is 33.3 Å². The molecule has 0 bridgehead atoms. The number of piperidine rings is 1. The summed E-state index contributed by atoms with van der Waals surface area (Å²) in [5.41, 5.74) is 0. The molecule has 5 heteroatoms. The molecule has 0 radical (unpaired) electrons. The average Bonchev–Trinajstić information content (AvgIpc) is 2.49. The first-order valence-electron chi connectivity index (χ1n) is 7.01. The van der Waals surface area contributed by atoms with Gasteiger partial charge in [-0.1, -0.05) is 15.9 Å². The minimum atomic E-state index is 0.126. The third-order valence-corrected chi connectivity index (χ3v) is 4.06. The molecule has 20 heavy (non-hydrogen) atoms. The first kappa shape index (κ1) is 15.3. The number of carbonyl (C=O) groups excluding carboxylic acids is 1. The van der Waals surface area contributed by atoms with Gasteiger partial charge in [-0.15, -0.1) is 0 Å². The van der Waals surface area contributed by atoms with Crippen LogP contribution in [0.5, 0.6) is 5.75 Å². The molecule has 0 saturated carbocycles. The quantitative estimate of drug-likeness (QED) is 0.894. The van der Waals surface area contributed by atoms with Gasteiger partial charge in [0.05, 0.1) is 12.5 Å². The Morgan fingerprint density at radius 3 is 2.85 bits per heavy atom. The highest BCUT2D eigenvalue weighted by Crippen LogP contribution is 2.16. The van der Waals surface area contributed by atoms with Gasteiger partial charge in [0.2, 0.25) is 5.91 Å². The van der Waals surface area contributed by atoms with Gasteiger partial charge in [0.25, 0.3) is 0 Å². The second-order valence-electron chi connectivity index (χ2n) is 5.11. The molecule has 0 aromatic heterocycles. The minimum absolute atomic E-state index is 0.126. The monoisotopic (exact) mass is 340 g/mol. The number of halogens is 1. The summed E-state index contributed by atoms with van der Waals surface area (Å²) in [5.74, 6) is 1.17. The molecule has 1 amide bonds. The second kappa shape index (κ2) is 7.64. The van der Waals surface area contributed by atoms with Crippen molar-refractivity contribution in [3.63, 3.8) is 0 Å². The molecule has 1 aromatic carbocycles. The van der Waals surface area contributed by atoms with Gasteiger partial charge in [-0.05, 0) is 43.7 Å². The summed E-state index contributed by atoms with van der Waals surface area (Å²) in [5, 5.41) is 3.27. The van der Waals surface area contributed by atoms with E-state index in [-0.39, 0.29) is 11.8 Å². The summed E-state index contributed by atoms with van der Waals surface area (Å²) in [6, 6.07) is 7.71. The SMILES string of the molecule is CN(CCOc1ccc(Br)cc1)C(=O)[C@@H]1CCCNC1. The zero-order chi connectivity index (χ0) is 14.4. The Labute approximate surface area is 128 Å². The van der Waals surface area contributed by atoms with Crippen molar-refractivity contribution in [3.05, 3.63) is 28.7 Å². The van der Waals surface area contributed by atoms with Crippen LogP contribution in [0.15, 0.2) is 28.7 Å². The van der Waals surface area contributed by atoms with Gasteiger partial charge in [-0.3, -0.25) is 4.79 Å². The van der Waals surface area contributed by atoms with E-state index < -0.39 is 0 Å². The van der Waals surface area contributed by atoms with Crippen molar-refractivity contribution in [3.8, 4) is 5.75 Å². The Balaban J connectivity index is 1.72. The van der Waals surface area contributed by atoms with Crippen LogP contribution < -0.4 is 10.1 Å². The summed E-state index contributed by atoms with van der Waals surface area (Å²) in [7, 11) is 1.85. The molecule has 1 N–H and O–H groups in total. The fourth-order valence-electron chi connectivity index (χ4n) is 2.32. The molecule has 1 aromatic rings. The number of benzene rings is 1. The van der Waals surface area contributed by atoms with Crippen LogP contribution in [0.4, 0.5) is 0 Å². The van der Waals surface area contributed by atoms with E-state index in [1.807, 2.05) is 31.3 Å². The molecule has 110 valence electrons. The van der Waals surface area contributed by atoms with Crippen molar-refractivity contribution >= 4 is 21.8 Å². The highest BCUT2D eigenvalue weighted by molar-refractivity contribution is 9.10. The highest BCUT2D eigenvalue weighted by Gasteiger charge is 2.23. The maximum absolute atomic E-state index is 12.2. The standard InChI is InChI=1S/C15H21BrN2O2/c1-18(15(19)12-3-2-8-17-11-12)9-10-20-14-6-4-13(16)5-7-14/h4-7,12,17H,2-3,8-11H2,1H3/t12-/m1/s1. The number of carbonyl (C=O) groups is 1. The second-order valence-corrected chi connectivity index (χ2v) is 6.02. The first-order chi connectivity index (χ1) is 9.66. The smallest absolute Gasteiger partial charge is 0.226 e. The molecule has 0 unspecified atom stereocenters. The molecule has 0 spiro atoms. The molecule has 1 aliphatic rings. The number of likely N-dealkylation sites (N-methyl/N-ethyl adjacent to an activating group) is 1. The number of rotatable bonds is 5. The summed E-state index contributed by atoms with van der Waals surface area (Å²) in [4.78, 5) is 14.0. The molecule has 0 aliphatic carbocycles. The Morgan fingerprint density at radius 1 is 1.45 bits per heavy atom. The molecule has 4 nitrogen and oxygen atoms in total. The van der Waals surface area contributed by atoms with E-state index in [1.54, 1.807) is 4.90 Å². The fraction of sp³-hybridized carbons (Fsp3) is 0.533. The van der Waals surface area contributed by atoms with Gasteiger partial charge in [-0.2, -0.15) is 0 Å². The van der Waals surface area contributed by atoms with Crippen molar-refractivity contribution < 1.29 is 9.53 Å². The number of amides is 1. The molecule has 2 rings (SSSR count). The Hall–Kier alpha value is -1.07. The van der Waals surface area contributed by atoms with Crippen LogP contribution in [-0.4, -0.2) is 44.1 Å². The largest absolute Gasteiger partial charge is 0.492 e. The minimum Gasteiger partial charge on any atom is -0.492 e. The van der Waals surface area contributed by atoms with Crippen LogP contribution in [0.25, 0.3) is 0 Å². The van der Waals surface area contributed by atoms with E-state index in [0.717, 1.165) is 36.2 Å². The Morgan fingerprint density at radius 2 is 2.20 bits per heavy atom. The topological polar surface area (TPSA) is 41.6 Å². The summed E-state index contributed by atoms with van der Waals surface area (Å²) in [6.07, 6.45) is 2.07. The molecule has 1 atom stereocenters. The third kappa shape index (κ3) is 4.49. The van der Waals surface area contributed by atoms with Gasteiger partial charge in [0, 0.05) is 18.1 Å². The van der Waals surface area contributed by atoms with E-state index in [1.165, 1.54) is 0 Å². The third-order valence-electron chi connectivity index (χ3n) is 3.53. The number of hydrogen-bond donors (Lipinski definition) is 1. The fourth-order valence-corrected chi connectivity index (χ4v) is 2.58. The van der Waals surface area contributed by atoms with Crippen LogP contribution in [-0.2, 0) is 4.79 Å². The molecule has 1 heterocycles. The lowest BCUT2D eigenvalue weighted by atomic mass is 9.98. The van der Waals surface area contributed by atoms with E-state index in [9.17, 15) is 4.79 Å². The maximum atomic E-state index is 12.2. The molecule has 1 aliphatic heterocycles. The van der Waals surface area contributed by atoms with Crippen molar-refractivity contribution in [1.82, 2.24) is 10.2 Å². The summed E-state index contributed by atoms with van der Waals surface area (Å²) in [6.45, 7) is 2.96. The van der Waals surface area contributed by atoms with Crippen molar-refractivity contribution in [2.45, 2.75) is 12.8 Å². The lowest BCUT2D eigenvalue weighted by molar-refractivity contribution is -0.135. The Bertz CT molecular complexity index is 430. The van der Waals surface area contributed by atoms with Gasteiger partial charge >= 0.3 is 0 Å². The first-order valence-corrected chi connectivity index (χ1v) is 7.80. The lowest BCUT2D eigenvalue weighted by Gasteiger charge is -2.27. The molecule has 1 fully saturated rings. The normalized spacial score (nSPS) is 18.6. The van der Waals surface area contributed by atoms with Crippen molar-refractivity contribution in [1.29, 1.82) is 0 Å². The van der Waals surface area contributed by atoms with E-state index in [4.69, 9.17) is 4.74 Å². The van der Waals surface area contributed by atoms with Crippen LogP contribution in [0.2, 0.25) is 0 Å². The lowest BCUT2D eigenvalue weighted by Crippen LogP contribution is -2.42. The van der Waals surface area contributed by atoms with E-state index >= 15 is 0 Å². The zero-order valence-electron chi connectivity index (χ0n) is 11.8. The van der Waals surface area contributed by atoms with Gasteiger partial charge in [0.1, 0.15) is 12.4 Å². The van der Waals surface area contributed by atoms with Crippen LogP contribution >= 0.6 is 15.9 Å². The van der Waals surface area contributed by atoms with Crippen molar-refractivity contribution in [2.24, 2.45) is 5.92 Å². The zero-order valence-corrected chi connectivity index (χ0v) is 13.4. The maximum Gasteiger partial charge on any atom is 0.226 e. The van der Waals surface area contributed by atoms with Crippen LogP contribution in [0.3, 0.4) is 0 Å². The van der Waals surface area contributed by atoms with Gasteiger partial charge in [0.15, 0.2) is 0 Å². The van der Waals surface area contributed by atoms with Gasteiger partial charge < -0.3 is 15.0 Å². The number of nitrogens with zero attached hydrogens (tertiary/aromatic N) is 1. The highest BCUT2D eigenvalue weighted by atomic mass is 79.9. The predicted octanol–water partition coefficient (Wildman–Crippen LogP) is 2.29. The number of hydrogen-bond acceptors (Lipinski definition) is 3. The molecular formula is C15H21BrN2O2. The summed E-state index contributed by atoms with van der Waals surface area (Å²) >= 11 is 3.39. The van der Waals surface area contributed by atoms with Gasteiger partial charge in [-0.25, -0.2) is 0 Å². The predicted molar refractivity (Wildman–Crippen MR) is 82.9 cm³/mol. The average molecular weight is 341 g/mol.